The smallest absolute Gasteiger partial charge is 0.269 e. The second kappa shape index (κ2) is 3.35. The fraction of sp³-hybridized carbons (Fsp3) is 0.400. The number of likely N-dealkylation sites (N-methyl/N-ethyl adjacent to an activating group) is 1. The number of amides is 1. The van der Waals surface area contributed by atoms with Gasteiger partial charge in [0.15, 0.2) is 0 Å². The molecule has 0 spiro atoms. The first-order valence-corrected chi connectivity index (χ1v) is 4.11. The zero-order chi connectivity index (χ0) is 9.14. The van der Waals surface area contributed by atoms with Crippen LogP contribution in [0, 0.1) is 0 Å². The number of carbonyl (C=O) groups is 1. The van der Waals surface area contributed by atoms with Crippen LogP contribution in [-0.4, -0.2) is 38.6 Å². The summed E-state index contributed by atoms with van der Waals surface area (Å²) in [5, 5.41) is 5.47. The van der Waals surface area contributed by atoms with E-state index in [1.807, 2.05) is 0 Å². The fourth-order valence-corrected chi connectivity index (χ4v) is 1.16. The van der Waals surface area contributed by atoms with Crippen molar-refractivity contribution < 1.29 is 18.0 Å². The van der Waals surface area contributed by atoms with Crippen LogP contribution in [0.1, 0.15) is 0 Å². The SMILES string of the molecule is CNC(=O)C1ON=CC1=S(=O)=O. The summed E-state index contributed by atoms with van der Waals surface area (Å²) < 4.78 is 20.9. The van der Waals surface area contributed by atoms with E-state index in [0.29, 0.717) is 0 Å². The van der Waals surface area contributed by atoms with Gasteiger partial charge in [0.1, 0.15) is 4.86 Å². The molecule has 1 unspecified atom stereocenters. The number of hydrogen-bond donors (Lipinski definition) is 1. The number of carbonyl (C=O) groups excluding carboxylic acids is 1. The third kappa shape index (κ3) is 1.45. The highest BCUT2D eigenvalue weighted by Gasteiger charge is 2.29. The van der Waals surface area contributed by atoms with Gasteiger partial charge in [0.2, 0.25) is 16.4 Å². The maximum atomic E-state index is 10.9. The van der Waals surface area contributed by atoms with E-state index in [2.05, 4.69) is 15.3 Å². The van der Waals surface area contributed by atoms with Crippen LogP contribution in [0.15, 0.2) is 5.16 Å². The van der Waals surface area contributed by atoms with E-state index in [9.17, 15) is 13.2 Å². The third-order valence-corrected chi connectivity index (χ3v) is 1.99. The molecule has 1 amide bonds. The molecule has 1 aliphatic heterocycles. The molecule has 7 heteroatoms. The summed E-state index contributed by atoms with van der Waals surface area (Å²) in [6, 6.07) is 0. The Morgan fingerprint density at radius 1 is 1.75 bits per heavy atom. The minimum atomic E-state index is -2.46. The topological polar surface area (TPSA) is 84.8 Å². The quantitative estimate of drug-likeness (QED) is 0.493. The molecule has 0 aromatic rings. The predicted molar refractivity (Wildman–Crippen MR) is 41.4 cm³/mol. The van der Waals surface area contributed by atoms with Crippen molar-refractivity contribution >= 4 is 27.3 Å². The zero-order valence-corrected chi connectivity index (χ0v) is 6.96. The van der Waals surface area contributed by atoms with E-state index < -0.39 is 22.3 Å². The lowest BCUT2D eigenvalue weighted by atomic mass is 10.2. The Balaban J connectivity index is 2.99. The van der Waals surface area contributed by atoms with Gasteiger partial charge in [0.25, 0.3) is 5.91 Å². The molecule has 66 valence electrons. The Labute approximate surface area is 69.7 Å². The van der Waals surface area contributed by atoms with Gasteiger partial charge in [-0.25, -0.2) is 0 Å². The van der Waals surface area contributed by atoms with Gasteiger partial charge in [-0.1, -0.05) is 5.16 Å². The van der Waals surface area contributed by atoms with Crippen molar-refractivity contribution in [1.29, 1.82) is 0 Å². The van der Waals surface area contributed by atoms with Gasteiger partial charge >= 0.3 is 0 Å². The molecule has 6 nitrogen and oxygen atoms in total. The van der Waals surface area contributed by atoms with Gasteiger partial charge in [-0.3, -0.25) is 4.79 Å². The van der Waals surface area contributed by atoms with E-state index in [1.54, 1.807) is 0 Å². The first-order valence-electron chi connectivity index (χ1n) is 3.03. The maximum absolute atomic E-state index is 10.9. The minimum absolute atomic E-state index is 0.158. The molecule has 0 aromatic carbocycles. The summed E-state index contributed by atoms with van der Waals surface area (Å²) in [6.45, 7) is 0. The lowest BCUT2D eigenvalue weighted by Gasteiger charge is -2.04. The van der Waals surface area contributed by atoms with Crippen LogP contribution in [-0.2, 0) is 19.9 Å². The van der Waals surface area contributed by atoms with Gasteiger partial charge in [-0.2, -0.15) is 8.42 Å². The van der Waals surface area contributed by atoms with Crippen LogP contribution in [0.3, 0.4) is 0 Å². The van der Waals surface area contributed by atoms with Gasteiger partial charge in [0.05, 0.1) is 6.21 Å². The average Bonchev–Trinajstić information content (AvgIpc) is 2.50. The van der Waals surface area contributed by atoms with E-state index in [4.69, 9.17) is 0 Å². The Morgan fingerprint density at radius 2 is 2.42 bits per heavy atom. The predicted octanol–water partition coefficient (Wildman–Crippen LogP) is -1.83. The summed E-state index contributed by atoms with van der Waals surface area (Å²) in [4.78, 5) is 15.3. The molecule has 0 bridgehead atoms. The van der Waals surface area contributed by atoms with Crippen molar-refractivity contribution in [3.63, 3.8) is 0 Å². The number of hydrogen-bond acceptors (Lipinski definition) is 5. The largest absolute Gasteiger partial charge is 0.376 e. The lowest BCUT2D eigenvalue weighted by Crippen LogP contribution is -2.37. The van der Waals surface area contributed by atoms with Crippen LogP contribution in [0.4, 0.5) is 0 Å². The first kappa shape index (κ1) is 8.72. The number of rotatable bonds is 1. The van der Waals surface area contributed by atoms with Gasteiger partial charge in [-0.05, 0) is 0 Å². The maximum Gasteiger partial charge on any atom is 0.269 e. The van der Waals surface area contributed by atoms with E-state index in [1.165, 1.54) is 7.05 Å². The Hall–Kier alpha value is -1.37. The molecule has 1 rings (SSSR count). The standard InChI is InChI=1S/C5H6N2O4S/c1-6-5(8)4-3(12(9)10)2-7-11-4/h2,4H,1H3,(H,6,8). The Kier molecular flexibility index (Phi) is 2.44. The normalized spacial score (nSPS) is 20.4. The van der Waals surface area contributed by atoms with E-state index in [-0.39, 0.29) is 4.86 Å². The fourth-order valence-electron chi connectivity index (χ4n) is 0.701. The molecule has 12 heavy (non-hydrogen) atoms. The van der Waals surface area contributed by atoms with Crippen LogP contribution in [0.5, 0.6) is 0 Å². The molecule has 1 atom stereocenters. The van der Waals surface area contributed by atoms with Crippen LogP contribution >= 0.6 is 0 Å². The van der Waals surface area contributed by atoms with Crippen molar-refractivity contribution in [2.45, 2.75) is 6.10 Å². The highest BCUT2D eigenvalue weighted by Crippen LogP contribution is 2.01. The second-order valence-corrected chi connectivity index (χ2v) is 2.91. The molecule has 0 aliphatic carbocycles. The molecular weight excluding hydrogens is 184 g/mol. The summed E-state index contributed by atoms with van der Waals surface area (Å²) in [6.07, 6.45) is -0.128. The van der Waals surface area contributed by atoms with Crippen LogP contribution < -0.4 is 5.32 Å². The highest BCUT2D eigenvalue weighted by molar-refractivity contribution is 7.74. The molecule has 1 N–H and O–H groups in total. The van der Waals surface area contributed by atoms with E-state index in [0.717, 1.165) is 6.21 Å². The van der Waals surface area contributed by atoms with Crippen molar-refractivity contribution in [2.75, 3.05) is 7.05 Å². The molecule has 0 aromatic heterocycles. The second-order valence-electron chi connectivity index (χ2n) is 1.97. The van der Waals surface area contributed by atoms with Crippen molar-refractivity contribution in [3.8, 4) is 0 Å². The lowest BCUT2D eigenvalue weighted by molar-refractivity contribution is -0.127. The van der Waals surface area contributed by atoms with Crippen molar-refractivity contribution in [2.24, 2.45) is 5.16 Å². The average molecular weight is 190 g/mol. The molecule has 0 saturated heterocycles. The van der Waals surface area contributed by atoms with Crippen molar-refractivity contribution in [3.05, 3.63) is 0 Å². The molecule has 0 radical (unpaired) electrons. The van der Waals surface area contributed by atoms with Crippen LogP contribution in [0.25, 0.3) is 0 Å². The summed E-state index contributed by atoms with van der Waals surface area (Å²) in [5.74, 6) is -0.535. The Morgan fingerprint density at radius 3 is 2.92 bits per heavy atom. The minimum Gasteiger partial charge on any atom is -0.376 e. The molecule has 0 fully saturated rings. The summed E-state index contributed by atoms with van der Waals surface area (Å²) in [7, 11) is -1.08. The van der Waals surface area contributed by atoms with Gasteiger partial charge in [0, 0.05) is 7.05 Å². The molecule has 0 saturated carbocycles. The molecular formula is C5H6N2O4S. The Bertz CT molecular complexity index is 348. The number of nitrogens with zero attached hydrogens (tertiary/aromatic N) is 1. The number of nitrogens with one attached hydrogen (secondary N) is 1. The summed E-state index contributed by atoms with van der Waals surface area (Å²) in [5.41, 5.74) is 0. The van der Waals surface area contributed by atoms with Gasteiger partial charge in [-0.15, -0.1) is 0 Å². The van der Waals surface area contributed by atoms with Crippen molar-refractivity contribution in [1.82, 2.24) is 5.32 Å². The van der Waals surface area contributed by atoms with Crippen LogP contribution in [0.2, 0.25) is 0 Å². The monoisotopic (exact) mass is 190 g/mol. The number of oxime groups is 1. The van der Waals surface area contributed by atoms with Gasteiger partial charge < -0.3 is 10.2 Å². The van der Waals surface area contributed by atoms with E-state index >= 15 is 0 Å². The molecule has 1 heterocycles. The summed E-state index contributed by atoms with van der Waals surface area (Å²) >= 11 is 0. The zero-order valence-electron chi connectivity index (χ0n) is 6.14. The highest BCUT2D eigenvalue weighted by atomic mass is 32.2. The first-order chi connectivity index (χ1) is 5.66. The molecule has 1 aliphatic rings. The third-order valence-electron chi connectivity index (χ3n) is 1.28.